The molecule has 0 bridgehead atoms. The Labute approximate surface area is 147 Å². The highest BCUT2D eigenvalue weighted by molar-refractivity contribution is 5.84. The average molecular weight is 330 g/mol. The van der Waals surface area contributed by atoms with Gasteiger partial charge in [0.05, 0.1) is 6.54 Å². The van der Waals surface area contributed by atoms with Gasteiger partial charge in [-0.1, -0.05) is 48.0 Å². The van der Waals surface area contributed by atoms with Crippen LogP contribution in [0.3, 0.4) is 0 Å². The highest BCUT2D eigenvalue weighted by Gasteiger charge is 2.46. The second kappa shape index (κ2) is 5.48. The molecule has 2 aliphatic rings. The molecule has 3 aromatic rings. The zero-order chi connectivity index (χ0) is 17.0. The van der Waals surface area contributed by atoms with Crippen LogP contribution in [0.4, 0.5) is 0 Å². The standard InChI is InChI=1S/C22H22N2O/c1-15-6-8-16(9-7-15)19-13-20(19)22(25)23-10-11-24-18(14-23)12-17-4-2-3-5-21(17)24/h2-9,12,19-20H,10-11,13-14H2,1H3. The minimum atomic E-state index is 0.179. The Morgan fingerprint density at radius 2 is 1.84 bits per heavy atom. The van der Waals surface area contributed by atoms with Crippen molar-refractivity contribution in [3.8, 4) is 0 Å². The smallest absolute Gasteiger partial charge is 0.226 e. The summed E-state index contributed by atoms with van der Waals surface area (Å²) < 4.78 is 2.36. The molecular weight excluding hydrogens is 308 g/mol. The monoisotopic (exact) mass is 330 g/mol. The molecule has 25 heavy (non-hydrogen) atoms. The molecule has 2 heterocycles. The van der Waals surface area contributed by atoms with E-state index < -0.39 is 0 Å². The van der Waals surface area contributed by atoms with Gasteiger partial charge in [-0.2, -0.15) is 0 Å². The van der Waals surface area contributed by atoms with E-state index in [1.54, 1.807) is 0 Å². The maximum absolute atomic E-state index is 13.0. The van der Waals surface area contributed by atoms with Crippen LogP contribution in [0.15, 0.2) is 54.6 Å². The third-order valence-electron chi connectivity index (χ3n) is 5.77. The van der Waals surface area contributed by atoms with Gasteiger partial charge < -0.3 is 9.47 Å². The highest BCUT2D eigenvalue weighted by atomic mass is 16.2. The van der Waals surface area contributed by atoms with Gasteiger partial charge >= 0.3 is 0 Å². The van der Waals surface area contributed by atoms with Crippen molar-refractivity contribution >= 4 is 16.8 Å². The first kappa shape index (κ1) is 14.8. The lowest BCUT2D eigenvalue weighted by Crippen LogP contribution is -2.39. The van der Waals surface area contributed by atoms with Gasteiger partial charge in [-0.3, -0.25) is 4.79 Å². The lowest BCUT2D eigenvalue weighted by Gasteiger charge is -2.29. The number of carbonyl (C=O) groups is 1. The van der Waals surface area contributed by atoms with Gasteiger partial charge in [-0.25, -0.2) is 0 Å². The molecule has 2 atom stereocenters. The fraction of sp³-hybridized carbons (Fsp3) is 0.318. The highest BCUT2D eigenvalue weighted by Crippen LogP contribution is 2.48. The molecule has 2 unspecified atom stereocenters. The predicted octanol–water partition coefficient (Wildman–Crippen LogP) is 4.10. The van der Waals surface area contributed by atoms with Crippen LogP contribution in [0.25, 0.3) is 10.9 Å². The molecule has 1 fully saturated rings. The normalized spacial score (nSPS) is 22.0. The third kappa shape index (κ3) is 2.46. The quantitative estimate of drug-likeness (QED) is 0.694. The molecule has 3 heteroatoms. The largest absolute Gasteiger partial charge is 0.341 e. The van der Waals surface area contributed by atoms with Gasteiger partial charge in [-0.15, -0.1) is 0 Å². The summed E-state index contributed by atoms with van der Waals surface area (Å²) >= 11 is 0. The van der Waals surface area contributed by atoms with Crippen LogP contribution in [0.5, 0.6) is 0 Å². The SMILES string of the molecule is Cc1ccc(C2CC2C(=O)N2CCn3c(cc4ccccc43)C2)cc1. The summed E-state index contributed by atoms with van der Waals surface area (Å²) in [6, 6.07) is 19.4. The fourth-order valence-corrected chi connectivity index (χ4v) is 4.23. The van der Waals surface area contributed by atoms with E-state index in [2.05, 4.69) is 71.0 Å². The van der Waals surface area contributed by atoms with E-state index in [4.69, 9.17) is 0 Å². The van der Waals surface area contributed by atoms with Crippen LogP contribution < -0.4 is 0 Å². The van der Waals surface area contributed by atoms with Crippen molar-refractivity contribution < 1.29 is 4.79 Å². The lowest BCUT2D eigenvalue weighted by atomic mass is 10.1. The first-order valence-electron chi connectivity index (χ1n) is 9.13. The van der Waals surface area contributed by atoms with Gasteiger partial charge in [0.25, 0.3) is 0 Å². The summed E-state index contributed by atoms with van der Waals surface area (Å²) in [5.41, 5.74) is 5.13. The molecular formula is C22H22N2O. The number of rotatable bonds is 2. The molecule has 1 aliphatic heterocycles. The van der Waals surface area contributed by atoms with Crippen LogP contribution in [0.1, 0.15) is 29.2 Å². The topological polar surface area (TPSA) is 25.2 Å². The Hall–Kier alpha value is -2.55. The van der Waals surface area contributed by atoms with Crippen molar-refractivity contribution in [2.75, 3.05) is 6.54 Å². The second-order valence-electron chi connectivity index (χ2n) is 7.47. The van der Waals surface area contributed by atoms with E-state index >= 15 is 0 Å². The predicted molar refractivity (Wildman–Crippen MR) is 99.4 cm³/mol. The van der Waals surface area contributed by atoms with Gasteiger partial charge in [0.15, 0.2) is 0 Å². The number of benzene rings is 2. The molecule has 1 aromatic heterocycles. The van der Waals surface area contributed by atoms with Gasteiger partial charge in [0.1, 0.15) is 0 Å². The molecule has 0 radical (unpaired) electrons. The lowest BCUT2D eigenvalue weighted by molar-refractivity contribution is -0.134. The molecule has 0 N–H and O–H groups in total. The van der Waals surface area contributed by atoms with Crippen molar-refractivity contribution in [1.82, 2.24) is 9.47 Å². The Morgan fingerprint density at radius 3 is 2.68 bits per heavy atom. The number of aromatic nitrogens is 1. The zero-order valence-corrected chi connectivity index (χ0v) is 14.5. The number of nitrogens with zero attached hydrogens (tertiary/aromatic N) is 2. The molecule has 5 rings (SSSR count). The fourth-order valence-electron chi connectivity index (χ4n) is 4.23. The summed E-state index contributed by atoms with van der Waals surface area (Å²) in [5.74, 6) is 0.932. The number of para-hydroxylation sites is 1. The van der Waals surface area contributed by atoms with E-state index in [9.17, 15) is 4.79 Å². The van der Waals surface area contributed by atoms with E-state index in [-0.39, 0.29) is 5.92 Å². The molecule has 1 aliphatic carbocycles. The second-order valence-corrected chi connectivity index (χ2v) is 7.47. The molecule has 1 saturated carbocycles. The zero-order valence-electron chi connectivity index (χ0n) is 14.5. The van der Waals surface area contributed by atoms with E-state index in [0.717, 1.165) is 26.1 Å². The Kier molecular flexibility index (Phi) is 3.24. The first-order valence-corrected chi connectivity index (χ1v) is 9.13. The minimum absolute atomic E-state index is 0.179. The maximum Gasteiger partial charge on any atom is 0.226 e. The molecule has 0 spiro atoms. The van der Waals surface area contributed by atoms with Gasteiger partial charge in [-0.05, 0) is 42.3 Å². The van der Waals surface area contributed by atoms with E-state index in [0.29, 0.717) is 11.8 Å². The Balaban J connectivity index is 1.33. The minimum Gasteiger partial charge on any atom is -0.341 e. The molecule has 2 aromatic carbocycles. The number of hydrogen-bond acceptors (Lipinski definition) is 1. The van der Waals surface area contributed by atoms with Crippen molar-refractivity contribution in [2.45, 2.75) is 32.4 Å². The summed E-state index contributed by atoms with van der Waals surface area (Å²) in [5, 5.41) is 1.27. The van der Waals surface area contributed by atoms with Crippen molar-refractivity contribution in [2.24, 2.45) is 5.92 Å². The molecule has 3 nitrogen and oxygen atoms in total. The number of amides is 1. The van der Waals surface area contributed by atoms with Gasteiger partial charge in [0, 0.05) is 30.2 Å². The van der Waals surface area contributed by atoms with Crippen LogP contribution in [-0.2, 0) is 17.9 Å². The first-order chi connectivity index (χ1) is 12.2. The third-order valence-corrected chi connectivity index (χ3v) is 5.77. The Morgan fingerprint density at radius 1 is 1.04 bits per heavy atom. The van der Waals surface area contributed by atoms with Crippen LogP contribution >= 0.6 is 0 Å². The maximum atomic E-state index is 13.0. The summed E-state index contributed by atoms with van der Waals surface area (Å²) in [4.78, 5) is 15.0. The van der Waals surface area contributed by atoms with E-state index in [1.807, 2.05) is 0 Å². The average Bonchev–Trinajstić information content (AvgIpc) is 3.35. The van der Waals surface area contributed by atoms with Crippen molar-refractivity contribution in [1.29, 1.82) is 0 Å². The van der Waals surface area contributed by atoms with Crippen LogP contribution in [0.2, 0.25) is 0 Å². The molecule has 0 saturated heterocycles. The van der Waals surface area contributed by atoms with Crippen LogP contribution in [-0.4, -0.2) is 21.9 Å². The van der Waals surface area contributed by atoms with E-state index in [1.165, 1.54) is 27.7 Å². The number of hydrogen-bond donors (Lipinski definition) is 0. The Bertz CT molecular complexity index is 954. The number of aryl methyl sites for hydroxylation is 1. The molecule has 1 amide bonds. The summed E-state index contributed by atoms with van der Waals surface area (Å²) in [6.07, 6.45) is 1.00. The number of carbonyl (C=O) groups excluding carboxylic acids is 1. The van der Waals surface area contributed by atoms with Gasteiger partial charge in [0.2, 0.25) is 5.91 Å². The van der Waals surface area contributed by atoms with Crippen molar-refractivity contribution in [3.63, 3.8) is 0 Å². The summed E-state index contributed by atoms with van der Waals surface area (Å²) in [6.45, 7) is 4.56. The van der Waals surface area contributed by atoms with Crippen LogP contribution in [0, 0.1) is 12.8 Å². The summed E-state index contributed by atoms with van der Waals surface area (Å²) in [7, 11) is 0. The number of fused-ring (bicyclic) bond motifs is 3. The van der Waals surface area contributed by atoms with Crippen molar-refractivity contribution in [3.05, 3.63) is 71.4 Å². The molecule has 126 valence electrons.